The van der Waals surface area contributed by atoms with Gasteiger partial charge in [-0.2, -0.15) is 0 Å². The molecule has 0 aliphatic heterocycles. The standard InChI is InChI=1S/C6H12N2/c1-3-5-8-6-7-4-2/h5-6H,3-4H2,1-2H3/b7-6-,8-5-. The minimum Gasteiger partial charge on any atom is -0.274 e. The van der Waals surface area contributed by atoms with E-state index < -0.39 is 0 Å². The first-order valence-electron chi connectivity index (χ1n) is 2.91. The largest absolute Gasteiger partial charge is 0.274 e. The fraction of sp³-hybridized carbons (Fsp3) is 0.667. The summed E-state index contributed by atoms with van der Waals surface area (Å²) in [6.07, 6.45) is 4.40. The number of nitrogens with zero attached hydrogens (tertiary/aromatic N) is 2. The van der Waals surface area contributed by atoms with Gasteiger partial charge in [-0.05, 0) is 13.3 Å². The summed E-state index contributed by atoms with van der Waals surface area (Å²) in [6, 6.07) is 0. The summed E-state index contributed by atoms with van der Waals surface area (Å²) in [5.41, 5.74) is 0. The van der Waals surface area contributed by atoms with E-state index in [2.05, 4.69) is 9.98 Å². The summed E-state index contributed by atoms with van der Waals surface area (Å²) in [5, 5.41) is 0. The SMILES string of the molecule is CC/C=N\C=N/CC. The molecular formula is C6H12N2. The fourth-order valence-electron chi connectivity index (χ4n) is 0.281. The lowest BCUT2D eigenvalue weighted by molar-refractivity contribution is 1.13. The third-order valence-corrected chi connectivity index (χ3v) is 0.619. The normalized spacial score (nSPS) is 11.8. The Labute approximate surface area is 50.4 Å². The number of hydrogen-bond acceptors (Lipinski definition) is 1. The summed E-state index contributed by atoms with van der Waals surface area (Å²) in [4.78, 5) is 7.75. The van der Waals surface area contributed by atoms with Gasteiger partial charge in [0.1, 0.15) is 6.34 Å². The number of aliphatic imine (C=N–C) groups is 2. The Morgan fingerprint density at radius 3 is 2.62 bits per heavy atom. The molecule has 46 valence electrons. The molecular weight excluding hydrogens is 100 g/mol. The molecule has 0 aliphatic rings. The highest BCUT2D eigenvalue weighted by molar-refractivity contribution is 5.71. The second-order valence-electron chi connectivity index (χ2n) is 1.35. The molecule has 2 nitrogen and oxygen atoms in total. The van der Waals surface area contributed by atoms with Crippen LogP contribution in [0.15, 0.2) is 9.98 Å². The zero-order chi connectivity index (χ0) is 6.24. The molecule has 0 saturated carbocycles. The van der Waals surface area contributed by atoms with E-state index in [-0.39, 0.29) is 0 Å². The van der Waals surface area contributed by atoms with Crippen molar-refractivity contribution in [2.24, 2.45) is 9.98 Å². The maximum atomic E-state index is 3.89. The second-order valence-corrected chi connectivity index (χ2v) is 1.35. The van der Waals surface area contributed by atoms with Crippen LogP contribution in [-0.4, -0.2) is 19.1 Å². The zero-order valence-electron chi connectivity index (χ0n) is 5.46. The molecule has 0 unspecified atom stereocenters. The minimum absolute atomic E-state index is 0.820. The molecule has 0 aromatic carbocycles. The Bertz CT molecular complexity index is 72.5. The molecule has 0 fully saturated rings. The van der Waals surface area contributed by atoms with Gasteiger partial charge in [0.2, 0.25) is 0 Å². The van der Waals surface area contributed by atoms with Gasteiger partial charge in [-0.3, -0.25) is 4.99 Å². The van der Waals surface area contributed by atoms with Gasteiger partial charge in [0, 0.05) is 12.8 Å². The lowest BCUT2D eigenvalue weighted by Crippen LogP contribution is -1.71. The summed E-state index contributed by atoms with van der Waals surface area (Å²) >= 11 is 0. The zero-order valence-corrected chi connectivity index (χ0v) is 5.46. The van der Waals surface area contributed by atoms with Crippen LogP contribution in [0.1, 0.15) is 20.3 Å². The number of hydrogen-bond donors (Lipinski definition) is 0. The first-order valence-corrected chi connectivity index (χ1v) is 2.91. The topological polar surface area (TPSA) is 24.7 Å². The van der Waals surface area contributed by atoms with Crippen molar-refractivity contribution in [3.05, 3.63) is 0 Å². The van der Waals surface area contributed by atoms with E-state index in [1.807, 2.05) is 20.1 Å². The van der Waals surface area contributed by atoms with Crippen molar-refractivity contribution in [2.75, 3.05) is 6.54 Å². The molecule has 0 N–H and O–H groups in total. The molecule has 0 aromatic heterocycles. The van der Waals surface area contributed by atoms with Crippen molar-refractivity contribution in [1.29, 1.82) is 0 Å². The van der Waals surface area contributed by atoms with E-state index in [4.69, 9.17) is 0 Å². The minimum atomic E-state index is 0.820. The summed E-state index contributed by atoms with van der Waals surface area (Å²) in [6.45, 7) is 4.85. The van der Waals surface area contributed by atoms with Crippen molar-refractivity contribution in [2.45, 2.75) is 20.3 Å². The second kappa shape index (κ2) is 6.34. The Balaban J connectivity index is 3.13. The van der Waals surface area contributed by atoms with Crippen LogP contribution < -0.4 is 0 Å². The van der Waals surface area contributed by atoms with Crippen molar-refractivity contribution < 1.29 is 0 Å². The van der Waals surface area contributed by atoms with E-state index in [0.717, 1.165) is 13.0 Å². The van der Waals surface area contributed by atoms with E-state index in [9.17, 15) is 0 Å². The van der Waals surface area contributed by atoms with Crippen molar-refractivity contribution in [3.63, 3.8) is 0 Å². The van der Waals surface area contributed by atoms with Gasteiger partial charge in [-0.25, -0.2) is 4.99 Å². The predicted octanol–water partition coefficient (Wildman–Crippen LogP) is 1.52. The molecule has 0 atom stereocenters. The van der Waals surface area contributed by atoms with Crippen LogP contribution in [-0.2, 0) is 0 Å². The molecule has 0 amide bonds. The lowest BCUT2D eigenvalue weighted by Gasteiger charge is -1.75. The molecule has 0 aromatic rings. The van der Waals surface area contributed by atoms with Gasteiger partial charge < -0.3 is 0 Å². The van der Waals surface area contributed by atoms with Gasteiger partial charge in [0.25, 0.3) is 0 Å². The van der Waals surface area contributed by atoms with E-state index in [1.165, 1.54) is 0 Å². The van der Waals surface area contributed by atoms with Crippen LogP contribution in [0.2, 0.25) is 0 Å². The first-order chi connectivity index (χ1) is 3.91. The summed E-state index contributed by atoms with van der Waals surface area (Å²) in [7, 11) is 0. The van der Waals surface area contributed by atoms with Crippen molar-refractivity contribution in [1.82, 2.24) is 0 Å². The Morgan fingerprint density at radius 1 is 1.38 bits per heavy atom. The van der Waals surface area contributed by atoms with E-state index in [0.29, 0.717) is 0 Å². The molecule has 0 rings (SSSR count). The molecule has 0 aliphatic carbocycles. The highest BCUT2D eigenvalue weighted by Crippen LogP contribution is 1.67. The average Bonchev–Trinajstić information content (AvgIpc) is 1.81. The van der Waals surface area contributed by atoms with E-state index in [1.54, 1.807) is 6.34 Å². The maximum Gasteiger partial charge on any atom is 0.109 e. The van der Waals surface area contributed by atoms with Crippen LogP contribution in [0.25, 0.3) is 0 Å². The highest BCUT2D eigenvalue weighted by Gasteiger charge is 1.62. The highest BCUT2D eigenvalue weighted by atomic mass is 14.8. The van der Waals surface area contributed by atoms with Crippen LogP contribution in [0.4, 0.5) is 0 Å². The third-order valence-electron chi connectivity index (χ3n) is 0.619. The van der Waals surface area contributed by atoms with Crippen LogP contribution >= 0.6 is 0 Å². The molecule has 0 saturated heterocycles. The number of rotatable bonds is 3. The molecule has 8 heavy (non-hydrogen) atoms. The van der Waals surface area contributed by atoms with Gasteiger partial charge in [0.15, 0.2) is 0 Å². The first kappa shape index (κ1) is 7.34. The smallest absolute Gasteiger partial charge is 0.109 e. The Hall–Kier alpha value is -0.660. The average molecular weight is 112 g/mol. The predicted molar refractivity (Wildman–Crippen MR) is 37.8 cm³/mol. The van der Waals surface area contributed by atoms with E-state index >= 15 is 0 Å². The van der Waals surface area contributed by atoms with Crippen LogP contribution in [0.5, 0.6) is 0 Å². The van der Waals surface area contributed by atoms with Gasteiger partial charge in [-0.15, -0.1) is 0 Å². The monoisotopic (exact) mass is 112 g/mol. The maximum absolute atomic E-state index is 3.89. The Kier molecular flexibility index (Phi) is 5.82. The molecule has 0 heterocycles. The van der Waals surface area contributed by atoms with Gasteiger partial charge >= 0.3 is 0 Å². The summed E-state index contributed by atoms with van der Waals surface area (Å²) in [5.74, 6) is 0. The van der Waals surface area contributed by atoms with Crippen LogP contribution in [0.3, 0.4) is 0 Å². The van der Waals surface area contributed by atoms with Crippen LogP contribution in [0, 0.1) is 0 Å². The molecule has 0 bridgehead atoms. The Morgan fingerprint density at radius 2 is 2.12 bits per heavy atom. The molecule has 0 radical (unpaired) electrons. The van der Waals surface area contributed by atoms with Gasteiger partial charge in [-0.1, -0.05) is 6.92 Å². The van der Waals surface area contributed by atoms with Gasteiger partial charge in [0.05, 0.1) is 0 Å². The summed E-state index contributed by atoms with van der Waals surface area (Å²) < 4.78 is 0. The lowest BCUT2D eigenvalue weighted by atomic mass is 10.5. The quantitative estimate of drug-likeness (QED) is 0.390. The van der Waals surface area contributed by atoms with Crippen molar-refractivity contribution in [3.8, 4) is 0 Å². The van der Waals surface area contributed by atoms with Crippen molar-refractivity contribution >= 4 is 12.6 Å². The third kappa shape index (κ3) is 5.34. The fourth-order valence-corrected chi connectivity index (χ4v) is 0.281. The molecule has 0 spiro atoms. The molecule has 2 heteroatoms.